The van der Waals surface area contributed by atoms with Gasteiger partial charge in [0, 0.05) is 16.8 Å². The molecule has 0 spiro atoms. The Morgan fingerprint density at radius 2 is 1.78 bits per heavy atom. The summed E-state index contributed by atoms with van der Waals surface area (Å²) < 4.78 is 5.29. The molecule has 5 heteroatoms. The molecule has 1 amide bonds. The Balaban J connectivity index is 2.06. The second-order valence-electron chi connectivity index (χ2n) is 5.47. The number of carbonyl (C=O) groups excluding carboxylic acids is 1. The molecule has 4 nitrogen and oxygen atoms in total. The molecule has 0 heterocycles. The van der Waals surface area contributed by atoms with Crippen LogP contribution < -0.4 is 15.4 Å². The van der Waals surface area contributed by atoms with Gasteiger partial charge in [0.25, 0.3) is 0 Å². The van der Waals surface area contributed by atoms with Gasteiger partial charge < -0.3 is 15.4 Å². The van der Waals surface area contributed by atoms with E-state index < -0.39 is 0 Å². The van der Waals surface area contributed by atoms with Crippen LogP contribution in [0.25, 0.3) is 0 Å². The van der Waals surface area contributed by atoms with E-state index in [1.165, 1.54) is 0 Å². The number of hydrogen-bond acceptors (Lipinski definition) is 3. The first kappa shape index (κ1) is 17.2. The summed E-state index contributed by atoms with van der Waals surface area (Å²) in [5.41, 5.74) is 4.60. The molecule has 0 bridgehead atoms. The normalized spacial score (nSPS) is 10.3. The maximum Gasteiger partial charge on any atom is 0.243 e. The molecule has 0 aliphatic rings. The monoisotopic (exact) mass is 332 g/mol. The summed E-state index contributed by atoms with van der Waals surface area (Å²) in [7, 11) is 1.57. The molecule has 0 fully saturated rings. The molecule has 0 saturated carbocycles. The summed E-state index contributed by atoms with van der Waals surface area (Å²) in [6.07, 6.45) is 0. The van der Waals surface area contributed by atoms with Crippen LogP contribution in [-0.4, -0.2) is 19.6 Å². The summed E-state index contributed by atoms with van der Waals surface area (Å²) in [4.78, 5) is 12.2. The Morgan fingerprint density at radius 3 is 2.39 bits per heavy atom. The van der Waals surface area contributed by atoms with Gasteiger partial charge in [-0.15, -0.1) is 0 Å². The highest BCUT2D eigenvalue weighted by atomic mass is 35.5. The molecular formula is C18H21ClN2O2. The highest BCUT2D eigenvalue weighted by Gasteiger charge is 2.10. The topological polar surface area (TPSA) is 50.4 Å². The molecule has 122 valence electrons. The molecule has 0 aromatic heterocycles. The standard InChI is InChI=1S/C18H21ClN2O2/c1-11-6-5-7-12(2)18(11)21-17(22)10-20-15-8-13(3)14(19)9-16(15)23-4/h5-9,20H,10H2,1-4H3,(H,21,22). The molecule has 0 saturated heterocycles. The fraction of sp³-hybridized carbons (Fsp3) is 0.278. The zero-order chi connectivity index (χ0) is 17.0. The average Bonchev–Trinajstić information content (AvgIpc) is 2.51. The van der Waals surface area contributed by atoms with Gasteiger partial charge in [0.1, 0.15) is 5.75 Å². The van der Waals surface area contributed by atoms with E-state index in [0.717, 1.165) is 28.1 Å². The molecule has 23 heavy (non-hydrogen) atoms. The maximum absolute atomic E-state index is 12.2. The van der Waals surface area contributed by atoms with Crippen molar-refractivity contribution in [1.29, 1.82) is 0 Å². The van der Waals surface area contributed by atoms with Crippen LogP contribution in [0.1, 0.15) is 16.7 Å². The lowest BCUT2D eigenvalue weighted by atomic mass is 10.1. The first-order valence-electron chi connectivity index (χ1n) is 7.36. The van der Waals surface area contributed by atoms with Crippen LogP contribution in [0.15, 0.2) is 30.3 Å². The Hall–Kier alpha value is -2.20. The number of nitrogens with one attached hydrogen (secondary N) is 2. The van der Waals surface area contributed by atoms with Gasteiger partial charge in [-0.1, -0.05) is 29.8 Å². The molecule has 2 aromatic carbocycles. The molecule has 0 aliphatic carbocycles. The van der Waals surface area contributed by atoms with Crippen LogP contribution in [0.4, 0.5) is 11.4 Å². The number of methoxy groups -OCH3 is 1. The van der Waals surface area contributed by atoms with Crippen molar-refractivity contribution in [3.05, 3.63) is 52.0 Å². The van der Waals surface area contributed by atoms with Gasteiger partial charge in [-0.2, -0.15) is 0 Å². The zero-order valence-corrected chi connectivity index (χ0v) is 14.5. The number of hydrogen-bond donors (Lipinski definition) is 2. The van der Waals surface area contributed by atoms with E-state index in [1.54, 1.807) is 13.2 Å². The van der Waals surface area contributed by atoms with Crippen molar-refractivity contribution in [1.82, 2.24) is 0 Å². The Labute approximate surface area is 141 Å². The third-order valence-electron chi connectivity index (χ3n) is 3.67. The SMILES string of the molecule is COc1cc(Cl)c(C)cc1NCC(=O)Nc1c(C)cccc1C. The first-order chi connectivity index (χ1) is 10.9. The Morgan fingerprint density at radius 1 is 1.13 bits per heavy atom. The molecule has 2 aromatic rings. The third kappa shape index (κ3) is 4.17. The molecule has 2 N–H and O–H groups in total. The van der Waals surface area contributed by atoms with Gasteiger partial charge in [-0.05, 0) is 43.5 Å². The largest absolute Gasteiger partial charge is 0.495 e. The van der Waals surface area contributed by atoms with Gasteiger partial charge in [0.15, 0.2) is 0 Å². The van der Waals surface area contributed by atoms with E-state index in [-0.39, 0.29) is 12.5 Å². The predicted molar refractivity (Wildman–Crippen MR) is 95.8 cm³/mol. The summed E-state index contributed by atoms with van der Waals surface area (Å²) in [6.45, 7) is 6.00. The van der Waals surface area contributed by atoms with Crippen molar-refractivity contribution in [3.8, 4) is 5.75 Å². The summed E-state index contributed by atoms with van der Waals surface area (Å²) in [5.74, 6) is 0.498. The van der Waals surface area contributed by atoms with E-state index >= 15 is 0 Å². The number of para-hydroxylation sites is 1. The van der Waals surface area contributed by atoms with Crippen molar-refractivity contribution in [2.45, 2.75) is 20.8 Å². The van der Waals surface area contributed by atoms with Gasteiger partial charge in [-0.25, -0.2) is 0 Å². The number of amides is 1. The van der Waals surface area contributed by atoms with E-state index in [2.05, 4.69) is 10.6 Å². The number of anilines is 2. The molecule has 2 rings (SSSR count). The number of halogens is 1. The van der Waals surface area contributed by atoms with Gasteiger partial charge in [-0.3, -0.25) is 4.79 Å². The van der Waals surface area contributed by atoms with Crippen LogP contribution in [0.3, 0.4) is 0 Å². The highest BCUT2D eigenvalue weighted by molar-refractivity contribution is 6.31. The number of rotatable bonds is 5. The van der Waals surface area contributed by atoms with Crippen molar-refractivity contribution < 1.29 is 9.53 Å². The van der Waals surface area contributed by atoms with Crippen molar-refractivity contribution in [3.63, 3.8) is 0 Å². The van der Waals surface area contributed by atoms with E-state index in [9.17, 15) is 4.79 Å². The van der Waals surface area contributed by atoms with Crippen LogP contribution in [-0.2, 0) is 4.79 Å². The Bertz CT molecular complexity index is 709. The van der Waals surface area contributed by atoms with Gasteiger partial charge in [0.05, 0.1) is 19.3 Å². The van der Waals surface area contributed by atoms with E-state index in [0.29, 0.717) is 10.8 Å². The number of aryl methyl sites for hydroxylation is 3. The van der Waals surface area contributed by atoms with Crippen molar-refractivity contribution >= 4 is 28.9 Å². The van der Waals surface area contributed by atoms with E-state index in [1.807, 2.05) is 45.0 Å². The van der Waals surface area contributed by atoms with Crippen LogP contribution in [0.2, 0.25) is 5.02 Å². The van der Waals surface area contributed by atoms with Gasteiger partial charge in [0.2, 0.25) is 5.91 Å². The maximum atomic E-state index is 12.2. The minimum atomic E-state index is -0.114. The zero-order valence-electron chi connectivity index (χ0n) is 13.8. The minimum Gasteiger partial charge on any atom is -0.495 e. The average molecular weight is 333 g/mol. The van der Waals surface area contributed by atoms with Crippen molar-refractivity contribution in [2.75, 3.05) is 24.3 Å². The van der Waals surface area contributed by atoms with Crippen molar-refractivity contribution in [2.24, 2.45) is 0 Å². The van der Waals surface area contributed by atoms with Crippen LogP contribution >= 0.6 is 11.6 Å². The fourth-order valence-corrected chi connectivity index (χ4v) is 2.49. The number of carbonyl (C=O) groups is 1. The molecule has 0 atom stereocenters. The smallest absolute Gasteiger partial charge is 0.243 e. The summed E-state index contributed by atoms with van der Waals surface area (Å²) in [6, 6.07) is 9.53. The second kappa shape index (κ2) is 7.38. The minimum absolute atomic E-state index is 0.114. The van der Waals surface area contributed by atoms with Gasteiger partial charge >= 0.3 is 0 Å². The van der Waals surface area contributed by atoms with Crippen LogP contribution in [0, 0.1) is 20.8 Å². The van der Waals surface area contributed by atoms with E-state index in [4.69, 9.17) is 16.3 Å². The predicted octanol–water partition coefficient (Wildman–Crippen LogP) is 4.32. The lowest BCUT2D eigenvalue weighted by Crippen LogP contribution is -2.23. The third-order valence-corrected chi connectivity index (χ3v) is 4.07. The fourth-order valence-electron chi connectivity index (χ4n) is 2.34. The first-order valence-corrected chi connectivity index (χ1v) is 7.74. The second-order valence-corrected chi connectivity index (χ2v) is 5.88. The Kier molecular flexibility index (Phi) is 5.50. The number of benzene rings is 2. The quantitative estimate of drug-likeness (QED) is 0.857. The highest BCUT2D eigenvalue weighted by Crippen LogP contribution is 2.30. The molecule has 0 radical (unpaired) electrons. The molecule has 0 unspecified atom stereocenters. The van der Waals surface area contributed by atoms with Crippen LogP contribution in [0.5, 0.6) is 5.75 Å². The molecular weight excluding hydrogens is 312 g/mol. The number of ether oxygens (including phenoxy) is 1. The lowest BCUT2D eigenvalue weighted by molar-refractivity contribution is -0.114. The summed E-state index contributed by atoms with van der Waals surface area (Å²) in [5, 5.41) is 6.67. The lowest BCUT2D eigenvalue weighted by Gasteiger charge is -2.14. The molecule has 0 aliphatic heterocycles. The summed E-state index contributed by atoms with van der Waals surface area (Å²) >= 11 is 6.08.